The Kier molecular flexibility index (Phi) is 8.93. The van der Waals surface area contributed by atoms with Crippen molar-refractivity contribution >= 4 is 28.8 Å². The van der Waals surface area contributed by atoms with E-state index in [1.807, 2.05) is 49.4 Å². The summed E-state index contributed by atoms with van der Waals surface area (Å²) in [5, 5.41) is -0.138. The van der Waals surface area contributed by atoms with Crippen LogP contribution in [0.4, 0.5) is 0 Å². The van der Waals surface area contributed by atoms with Gasteiger partial charge >= 0.3 is 11.9 Å². The van der Waals surface area contributed by atoms with Crippen molar-refractivity contribution in [2.75, 3.05) is 13.2 Å². The molecule has 0 heterocycles. The van der Waals surface area contributed by atoms with Gasteiger partial charge < -0.3 is 9.47 Å². The number of rotatable bonds is 9. The number of benzene rings is 2. The summed E-state index contributed by atoms with van der Waals surface area (Å²) in [6.07, 6.45) is 0.00481. The van der Waals surface area contributed by atoms with E-state index in [9.17, 15) is 14.4 Å². The molecular formula is C23H26O5S. The molecule has 6 heteroatoms. The Bertz CT molecular complexity index is 799. The first-order valence-corrected chi connectivity index (χ1v) is 10.4. The molecule has 0 aromatic heterocycles. The predicted molar refractivity (Wildman–Crippen MR) is 113 cm³/mol. The number of esters is 2. The Balaban J connectivity index is 2.31. The summed E-state index contributed by atoms with van der Waals surface area (Å²) in [5.41, 5.74) is 1.82. The minimum atomic E-state index is -1.19. The third-order valence-electron chi connectivity index (χ3n) is 4.35. The molecule has 0 radical (unpaired) electrons. The molecule has 2 aromatic rings. The zero-order chi connectivity index (χ0) is 21.2. The highest BCUT2D eigenvalue weighted by Crippen LogP contribution is 2.34. The largest absolute Gasteiger partial charge is 0.465 e. The van der Waals surface area contributed by atoms with Gasteiger partial charge in [0.15, 0.2) is 11.0 Å². The third kappa shape index (κ3) is 6.75. The van der Waals surface area contributed by atoms with E-state index < -0.39 is 23.8 Å². The van der Waals surface area contributed by atoms with E-state index in [4.69, 9.17) is 9.47 Å². The topological polar surface area (TPSA) is 69.7 Å². The normalized spacial score (nSPS) is 11.7. The van der Waals surface area contributed by atoms with E-state index >= 15 is 0 Å². The highest BCUT2D eigenvalue weighted by molar-refractivity contribution is 8.13. The Morgan fingerprint density at radius 2 is 1.41 bits per heavy atom. The maximum Gasteiger partial charge on any atom is 0.320 e. The fraction of sp³-hybridized carbons (Fsp3) is 0.348. The van der Waals surface area contributed by atoms with Gasteiger partial charge in [0.2, 0.25) is 0 Å². The molecule has 0 aliphatic carbocycles. The number of hydrogen-bond donors (Lipinski definition) is 0. The number of aryl methyl sites for hydroxylation is 1. The van der Waals surface area contributed by atoms with Crippen molar-refractivity contribution in [3.63, 3.8) is 0 Å². The van der Waals surface area contributed by atoms with E-state index in [2.05, 4.69) is 0 Å². The van der Waals surface area contributed by atoms with Crippen LogP contribution in [0.1, 0.15) is 37.3 Å². The maximum atomic E-state index is 12.8. The van der Waals surface area contributed by atoms with Gasteiger partial charge in [-0.2, -0.15) is 0 Å². The van der Waals surface area contributed by atoms with Crippen molar-refractivity contribution in [1.29, 1.82) is 0 Å². The smallest absolute Gasteiger partial charge is 0.320 e. The summed E-state index contributed by atoms with van der Waals surface area (Å²) < 4.78 is 10.3. The minimum Gasteiger partial charge on any atom is -0.465 e. The second-order valence-corrected chi connectivity index (χ2v) is 7.62. The van der Waals surface area contributed by atoms with Crippen molar-refractivity contribution < 1.29 is 23.9 Å². The molecule has 0 aliphatic rings. The van der Waals surface area contributed by atoms with Crippen LogP contribution in [0.2, 0.25) is 0 Å². The highest BCUT2D eigenvalue weighted by Gasteiger charge is 2.39. The van der Waals surface area contributed by atoms with Gasteiger partial charge in [-0.3, -0.25) is 14.4 Å². The number of ether oxygens (including phenoxy) is 2. The van der Waals surface area contributed by atoms with E-state index in [0.29, 0.717) is 0 Å². The zero-order valence-corrected chi connectivity index (χ0v) is 17.7. The first kappa shape index (κ1) is 22.7. The molecule has 2 rings (SSSR count). The summed E-state index contributed by atoms with van der Waals surface area (Å²) in [7, 11) is 0. The highest BCUT2D eigenvalue weighted by atomic mass is 32.2. The van der Waals surface area contributed by atoms with Crippen LogP contribution in [0, 0.1) is 12.8 Å². The average molecular weight is 415 g/mol. The molecule has 0 aliphatic heterocycles. The van der Waals surface area contributed by atoms with E-state index in [0.717, 1.165) is 27.8 Å². The van der Waals surface area contributed by atoms with Crippen molar-refractivity contribution in [1.82, 2.24) is 0 Å². The van der Waals surface area contributed by atoms with Gasteiger partial charge in [-0.25, -0.2) is 0 Å². The number of hydrogen-bond acceptors (Lipinski definition) is 6. The van der Waals surface area contributed by atoms with Crippen molar-refractivity contribution in [2.24, 2.45) is 5.92 Å². The van der Waals surface area contributed by atoms with E-state index in [1.165, 1.54) is 0 Å². The van der Waals surface area contributed by atoms with Crippen LogP contribution >= 0.6 is 11.8 Å². The fourth-order valence-corrected chi connectivity index (χ4v) is 3.77. The lowest BCUT2D eigenvalue weighted by Crippen LogP contribution is -2.34. The molecule has 0 fully saturated rings. The zero-order valence-electron chi connectivity index (χ0n) is 16.9. The molecule has 2 aromatic carbocycles. The lowest BCUT2D eigenvalue weighted by Gasteiger charge is -2.24. The van der Waals surface area contributed by atoms with Crippen LogP contribution in [0.15, 0.2) is 59.5 Å². The quantitative estimate of drug-likeness (QED) is 0.341. The van der Waals surface area contributed by atoms with Crippen LogP contribution in [0.5, 0.6) is 0 Å². The Hall–Kier alpha value is -2.60. The van der Waals surface area contributed by atoms with Gasteiger partial charge in [0.05, 0.1) is 13.2 Å². The van der Waals surface area contributed by atoms with E-state index in [-0.39, 0.29) is 24.7 Å². The van der Waals surface area contributed by atoms with Gasteiger partial charge in [-0.15, -0.1) is 0 Å². The van der Waals surface area contributed by atoms with Crippen LogP contribution in [-0.4, -0.2) is 30.3 Å². The molecule has 0 bridgehead atoms. The first-order valence-electron chi connectivity index (χ1n) is 9.61. The molecule has 0 spiro atoms. The van der Waals surface area contributed by atoms with Gasteiger partial charge in [0.1, 0.15) is 0 Å². The fourth-order valence-electron chi connectivity index (χ4n) is 2.98. The molecule has 0 N–H and O–H groups in total. The monoisotopic (exact) mass is 414 g/mol. The van der Waals surface area contributed by atoms with Crippen LogP contribution in [0.25, 0.3) is 0 Å². The molecule has 0 amide bonds. The van der Waals surface area contributed by atoms with Crippen LogP contribution in [-0.2, 0) is 23.9 Å². The van der Waals surface area contributed by atoms with Gasteiger partial charge in [-0.05, 0) is 38.5 Å². The van der Waals surface area contributed by atoms with Crippen molar-refractivity contribution in [3.8, 4) is 0 Å². The molecule has 1 unspecified atom stereocenters. The molecule has 5 nitrogen and oxygen atoms in total. The molecule has 154 valence electrons. The Morgan fingerprint density at radius 3 is 1.93 bits per heavy atom. The van der Waals surface area contributed by atoms with Crippen LogP contribution in [0.3, 0.4) is 0 Å². The second kappa shape index (κ2) is 11.4. The van der Waals surface area contributed by atoms with Crippen LogP contribution < -0.4 is 0 Å². The Labute approximate surface area is 175 Å². The average Bonchev–Trinajstić information content (AvgIpc) is 2.70. The van der Waals surface area contributed by atoms with Gasteiger partial charge in [-0.1, -0.05) is 59.8 Å². The number of thioether (sulfide) groups is 1. The molecular weight excluding hydrogens is 388 g/mol. The standard InChI is InChI=1S/C23H26O5S/c1-4-27-22(25)21(23(26)28-5-2)19(17-9-7-6-8-10-17)15-20(24)29-18-13-11-16(3)12-14-18/h6-14,19,21H,4-5,15H2,1-3H3. The van der Waals surface area contributed by atoms with Crippen molar-refractivity contribution in [3.05, 3.63) is 65.7 Å². The third-order valence-corrected chi connectivity index (χ3v) is 5.25. The number of carbonyl (C=O) groups is 3. The molecule has 0 saturated carbocycles. The SMILES string of the molecule is CCOC(=O)C(C(=O)OCC)C(CC(=O)Sc1ccc(C)cc1)c1ccccc1. The summed E-state index contributed by atoms with van der Waals surface area (Å²) in [5.74, 6) is -3.21. The maximum absolute atomic E-state index is 12.8. The summed E-state index contributed by atoms with van der Waals surface area (Å²) in [4.78, 5) is 38.8. The summed E-state index contributed by atoms with van der Waals surface area (Å²) >= 11 is 1.10. The lowest BCUT2D eigenvalue weighted by atomic mass is 9.83. The minimum absolute atomic E-state index is 0.00481. The molecule has 29 heavy (non-hydrogen) atoms. The van der Waals surface area contributed by atoms with Gasteiger partial charge in [0, 0.05) is 17.2 Å². The lowest BCUT2D eigenvalue weighted by molar-refractivity contribution is -0.162. The van der Waals surface area contributed by atoms with E-state index in [1.54, 1.807) is 26.0 Å². The summed E-state index contributed by atoms with van der Waals surface area (Å²) in [6.45, 7) is 5.61. The second-order valence-electron chi connectivity index (χ2n) is 6.49. The predicted octanol–water partition coefficient (Wildman–Crippen LogP) is 4.53. The first-order chi connectivity index (χ1) is 14.0. The number of carbonyl (C=O) groups excluding carboxylic acids is 3. The van der Waals surface area contributed by atoms with Gasteiger partial charge in [0.25, 0.3) is 0 Å². The molecule has 0 saturated heterocycles. The Morgan fingerprint density at radius 1 is 0.862 bits per heavy atom. The summed E-state index contributed by atoms with van der Waals surface area (Å²) in [6, 6.07) is 16.7. The van der Waals surface area contributed by atoms with Crippen molar-refractivity contribution in [2.45, 2.75) is 38.0 Å². The molecule has 1 atom stereocenters.